The first-order chi connectivity index (χ1) is 9.74. The van der Waals surface area contributed by atoms with E-state index < -0.39 is 0 Å². The second-order valence-electron chi connectivity index (χ2n) is 4.36. The van der Waals surface area contributed by atoms with Gasteiger partial charge in [-0.15, -0.1) is 10.2 Å². The molecule has 104 valence electrons. The van der Waals surface area contributed by atoms with Gasteiger partial charge in [0.1, 0.15) is 6.54 Å². The third-order valence-electron chi connectivity index (χ3n) is 3.01. The van der Waals surface area contributed by atoms with Crippen molar-refractivity contribution >= 4 is 28.6 Å². The molecule has 8 heteroatoms. The Bertz CT molecular complexity index is 656. The smallest absolute Gasteiger partial charge is 0.282 e. The Kier molecular flexibility index (Phi) is 3.55. The van der Waals surface area contributed by atoms with Gasteiger partial charge in [0.2, 0.25) is 5.91 Å². The van der Waals surface area contributed by atoms with Gasteiger partial charge in [0.05, 0.1) is 6.54 Å². The number of rotatable bonds is 4. The van der Waals surface area contributed by atoms with E-state index in [9.17, 15) is 9.59 Å². The van der Waals surface area contributed by atoms with Crippen LogP contribution in [0.4, 0.5) is 4.79 Å². The minimum atomic E-state index is -0.187. The van der Waals surface area contributed by atoms with Gasteiger partial charge in [-0.2, -0.15) is 0 Å². The average molecular weight is 291 g/mol. The number of carbonyl (C=O) groups is 2. The lowest BCUT2D eigenvalue weighted by molar-refractivity contribution is -0.121. The summed E-state index contributed by atoms with van der Waals surface area (Å²) in [6.07, 6.45) is 1.84. The Labute approximate surface area is 119 Å². The number of fused-ring (bicyclic) bond motifs is 1. The lowest BCUT2D eigenvalue weighted by Crippen LogP contribution is -2.37. The lowest BCUT2D eigenvalue weighted by Gasteiger charge is -2.13. The summed E-state index contributed by atoms with van der Waals surface area (Å²) in [6.45, 7) is 1.02. The van der Waals surface area contributed by atoms with E-state index in [2.05, 4.69) is 15.5 Å². The van der Waals surface area contributed by atoms with Crippen LogP contribution in [0.5, 0.6) is 0 Å². The fraction of sp³-hybridized carbons (Fsp3) is 0.333. The molecule has 0 bridgehead atoms. The maximum Gasteiger partial charge on any atom is 0.282 e. The monoisotopic (exact) mass is 291 g/mol. The highest BCUT2D eigenvalue weighted by molar-refractivity contribution is 8.13. The normalized spacial score (nSPS) is 15.0. The Morgan fingerprint density at radius 1 is 1.40 bits per heavy atom. The molecule has 1 aliphatic rings. The molecule has 3 heterocycles. The molecule has 1 aliphatic heterocycles. The average Bonchev–Trinajstić information content (AvgIpc) is 3.04. The summed E-state index contributed by atoms with van der Waals surface area (Å²) in [7, 11) is 0. The maximum atomic E-state index is 11.8. The molecule has 2 amide bonds. The molecule has 0 aromatic carbocycles. The van der Waals surface area contributed by atoms with Crippen molar-refractivity contribution in [3.8, 4) is 0 Å². The zero-order valence-corrected chi connectivity index (χ0v) is 11.5. The van der Waals surface area contributed by atoms with Gasteiger partial charge in [-0.1, -0.05) is 17.8 Å². The minimum Gasteiger partial charge on any atom is -0.347 e. The molecule has 0 saturated carbocycles. The summed E-state index contributed by atoms with van der Waals surface area (Å²) < 4.78 is 1.82. The number of nitrogens with one attached hydrogen (secondary N) is 1. The fourth-order valence-corrected chi connectivity index (χ4v) is 2.81. The SMILES string of the molecule is O=C(CN1CCSC1=O)NCc1nnc2ccccn12. The van der Waals surface area contributed by atoms with Crippen LogP contribution in [-0.2, 0) is 11.3 Å². The number of hydrogen-bond acceptors (Lipinski definition) is 5. The Balaban J connectivity index is 1.59. The number of hydrogen-bond donors (Lipinski definition) is 1. The van der Waals surface area contributed by atoms with Gasteiger partial charge in [0.15, 0.2) is 11.5 Å². The molecule has 1 saturated heterocycles. The minimum absolute atomic E-state index is 0.0342. The topological polar surface area (TPSA) is 79.6 Å². The molecule has 1 N–H and O–H groups in total. The molecule has 0 radical (unpaired) electrons. The number of aromatic nitrogens is 3. The molecule has 0 aliphatic carbocycles. The molecule has 0 unspecified atom stereocenters. The highest BCUT2D eigenvalue weighted by Gasteiger charge is 2.23. The summed E-state index contributed by atoms with van der Waals surface area (Å²) in [4.78, 5) is 24.7. The molecular formula is C12H13N5O2S. The third kappa shape index (κ3) is 2.60. The lowest BCUT2D eigenvalue weighted by atomic mass is 10.4. The summed E-state index contributed by atoms with van der Waals surface area (Å²) in [6, 6.07) is 5.60. The van der Waals surface area contributed by atoms with E-state index in [0.29, 0.717) is 18.9 Å². The van der Waals surface area contributed by atoms with Crippen LogP contribution in [0.1, 0.15) is 5.82 Å². The quantitative estimate of drug-likeness (QED) is 0.888. The van der Waals surface area contributed by atoms with Crippen LogP contribution >= 0.6 is 11.8 Å². The summed E-state index contributed by atoms with van der Waals surface area (Å²) in [5.74, 6) is 1.23. The molecule has 20 heavy (non-hydrogen) atoms. The van der Waals surface area contributed by atoms with Gasteiger partial charge in [0.25, 0.3) is 5.24 Å². The number of amides is 2. The summed E-state index contributed by atoms with van der Waals surface area (Å²) in [5.41, 5.74) is 0.739. The molecule has 1 fully saturated rings. The van der Waals surface area contributed by atoms with Gasteiger partial charge in [-0.05, 0) is 12.1 Å². The maximum absolute atomic E-state index is 11.8. The number of pyridine rings is 1. The molecule has 0 atom stereocenters. The number of carbonyl (C=O) groups excluding carboxylic acids is 2. The van der Waals surface area contributed by atoms with Crippen LogP contribution in [0.25, 0.3) is 5.65 Å². The molecule has 7 nitrogen and oxygen atoms in total. The Morgan fingerprint density at radius 2 is 2.30 bits per heavy atom. The van der Waals surface area contributed by atoms with Crippen molar-refractivity contribution in [3.63, 3.8) is 0 Å². The summed E-state index contributed by atoms with van der Waals surface area (Å²) >= 11 is 1.25. The fourth-order valence-electron chi connectivity index (χ4n) is 1.99. The molecular weight excluding hydrogens is 278 g/mol. The highest BCUT2D eigenvalue weighted by atomic mass is 32.2. The molecule has 3 rings (SSSR count). The van der Waals surface area contributed by atoms with E-state index in [4.69, 9.17) is 0 Å². The first kappa shape index (κ1) is 12.9. The standard InChI is InChI=1S/C12H13N5O2S/c18-11(8-16-5-6-20-12(16)19)13-7-10-15-14-9-3-1-2-4-17(9)10/h1-4H,5-8H2,(H,13,18). The first-order valence-electron chi connectivity index (χ1n) is 6.21. The van der Waals surface area contributed by atoms with Gasteiger partial charge in [-0.3, -0.25) is 14.0 Å². The van der Waals surface area contributed by atoms with E-state index in [1.165, 1.54) is 11.8 Å². The van der Waals surface area contributed by atoms with Gasteiger partial charge < -0.3 is 10.2 Å². The van der Waals surface area contributed by atoms with E-state index in [1.54, 1.807) is 4.90 Å². The van der Waals surface area contributed by atoms with Crippen molar-refractivity contribution in [2.75, 3.05) is 18.8 Å². The highest BCUT2D eigenvalue weighted by Crippen LogP contribution is 2.16. The van der Waals surface area contributed by atoms with Crippen LogP contribution in [0.15, 0.2) is 24.4 Å². The predicted molar refractivity (Wildman–Crippen MR) is 74.3 cm³/mol. The number of nitrogens with zero attached hydrogens (tertiary/aromatic N) is 4. The van der Waals surface area contributed by atoms with Crippen LogP contribution in [-0.4, -0.2) is 49.5 Å². The van der Waals surface area contributed by atoms with Crippen LogP contribution in [0.3, 0.4) is 0 Å². The van der Waals surface area contributed by atoms with Crippen molar-refractivity contribution in [1.82, 2.24) is 24.8 Å². The van der Waals surface area contributed by atoms with Crippen molar-refractivity contribution in [2.45, 2.75) is 6.54 Å². The second-order valence-corrected chi connectivity index (χ2v) is 5.40. The van der Waals surface area contributed by atoms with Crippen molar-refractivity contribution in [2.24, 2.45) is 0 Å². The third-order valence-corrected chi connectivity index (χ3v) is 3.90. The van der Waals surface area contributed by atoms with Gasteiger partial charge in [-0.25, -0.2) is 0 Å². The molecule has 0 spiro atoms. The van der Waals surface area contributed by atoms with Crippen molar-refractivity contribution in [3.05, 3.63) is 30.2 Å². The largest absolute Gasteiger partial charge is 0.347 e. The zero-order chi connectivity index (χ0) is 13.9. The Hall–Kier alpha value is -2.09. The van der Waals surface area contributed by atoms with Crippen molar-refractivity contribution < 1.29 is 9.59 Å². The first-order valence-corrected chi connectivity index (χ1v) is 7.19. The number of thioether (sulfide) groups is 1. The molecule has 2 aromatic rings. The van der Waals surface area contributed by atoms with Crippen LogP contribution in [0, 0.1) is 0 Å². The van der Waals surface area contributed by atoms with E-state index in [-0.39, 0.29) is 17.7 Å². The van der Waals surface area contributed by atoms with E-state index >= 15 is 0 Å². The van der Waals surface area contributed by atoms with Crippen molar-refractivity contribution in [1.29, 1.82) is 0 Å². The van der Waals surface area contributed by atoms with Crippen LogP contribution < -0.4 is 5.32 Å². The van der Waals surface area contributed by atoms with Crippen LogP contribution in [0.2, 0.25) is 0 Å². The van der Waals surface area contributed by atoms with Gasteiger partial charge >= 0.3 is 0 Å². The second kappa shape index (κ2) is 5.49. The van der Waals surface area contributed by atoms with Gasteiger partial charge in [0, 0.05) is 18.5 Å². The predicted octanol–water partition coefficient (Wildman–Crippen LogP) is 0.514. The van der Waals surface area contributed by atoms with E-state index in [1.807, 2.05) is 28.8 Å². The Morgan fingerprint density at radius 3 is 3.10 bits per heavy atom. The zero-order valence-electron chi connectivity index (χ0n) is 10.7. The molecule has 2 aromatic heterocycles. The summed E-state index contributed by atoms with van der Waals surface area (Å²) in [5, 5.41) is 10.8. The van der Waals surface area contributed by atoms with E-state index in [0.717, 1.165) is 11.4 Å².